The van der Waals surface area contributed by atoms with Crippen LogP contribution in [0.3, 0.4) is 0 Å². The van der Waals surface area contributed by atoms with Gasteiger partial charge in [0.05, 0.1) is 29.8 Å². The van der Waals surface area contributed by atoms with E-state index < -0.39 is 29.8 Å². The van der Waals surface area contributed by atoms with E-state index in [1.54, 1.807) is 6.92 Å². The van der Waals surface area contributed by atoms with Crippen molar-refractivity contribution in [2.45, 2.75) is 37.9 Å². The summed E-state index contributed by atoms with van der Waals surface area (Å²) in [4.78, 5) is 25.2. The molecule has 2 unspecified atom stereocenters. The van der Waals surface area contributed by atoms with Crippen LogP contribution in [-0.4, -0.2) is 25.0 Å². The highest BCUT2D eigenvalue weighted by atomic mass is 19.4. The summed E-state index contributed by atoms with van der Waals surface area (Å²) in [6.07, 6.45) is -2.76. The maximum atomic E-state index is 12.9. The predicted octanol–water partition coefficient (Wildman–Crippen LogP) is 3.74. The quantitative estimate of drug-likeness (QED) is 0.795. The fourth-order valence-corrected chi connectivity index (χ4v) is 3.23. The summed E-state index contributed by atoms with van der Waals surface area (Å²) in [6.45, 7) is 1.82. The molecule has 0 saturated heterocycles. The van der Waals surface area contributed by atoms with Gasteiger partial charge in [0.1, 0.15) is 6.29 Å². The van der Waals surface area contributed by atoms with Crippen molar-refractivity contribution in [1.29, 1.82) is 0 Å². The van der Waals surface area contributed by atoms with E-state index in [0.717, 1.165) is 25.0 Å². The molecule has 1 aromatic rings. The number of carbonyl (C=O) groups is 2. The van der Waals surface area contributed by atoms with Crippen molar-refractivity contribution in [3.05, 3.63) is 29.3 Å². The Hall–Kier alpha value is -2.05. The Kier molecular flexibility index (Phi) is 3.82. The van der Waals surface area contributed by atoms with Gasteiger partial charge in [-0.3, -0.25) is 4.90 Å². The molecule has 2 atom stereocenters. The number of anilines is 1. The van der Waals surface area contributed by atoms with E-state index in [0.29, 0.717) is 12.0 Å². The number of alkyl halides is 3. The van der Waals surface area contributed by atoms with Gasteiger partial charge >= 0.3 is 12.3 Å². The SMILES string of the molecule is CCOC(=O)N1c2ccc(C(F)(F)F)cc2C(C=O)C1C1CC1. The number of nitrogens with zero attached hydrogens (tertiary/aromatic N) is 1. The highest BCUT2D eigenvalue weighted by molar-refractivity contribution is 5.95. The maximum absolute atomic E-state index is 12.9. The molecule has 124 valence electrons. The fourth-order valence-electron chi connectivity index (χ4n) is 3.23. The van der Waals surface area contributed by atoms with E-state index in [-0.39, 0.29) is 18.1 Å². The Labute approximate surface area is 131 Å². The Morgan fingerprint density at radius 2 is 2.09 bits per heavy atom. The van der Waals surface area contributed by atoms with Crippen molar-refractivity contribution in [2.75, 3.05) is 11.5 Å². The zero-order valence-electron chi connectivity index (χ0n) is 12.5. The number of halogens is 3. The van der Waals surface area contributed by atoms with E-state index >= 15 is 0 Å². The zero-order valence-corrected chi connectivity index (χ0v) is 12.5. The summed E-state index contributed by atoms with van der Waals surface area (Å²) in [6, 6.07) is 2.71. The Bertz CT molecular complexity index is 640. The third kappa shape index (κ3) is 2.68. The number of aldehydes is 1. The molecule has 23 heavy (non-hydrogen) atoms. The van der Waals surface area contributed by atoms with Crippen LogP contribution < -0.4 is 4.90 Å². The van der Waals surface area contributed by atoms with Crippen molar-refractivity contribution in [3.8, 4) is 0 Å². The van der Waals surface area contributed by atoms with Crippen LogP contribution in [0, 0.1) is 5.92 Å². The van der Waals surface area contributed by atoms with Gasteiger partial charge in [-0.25, -0.2) is 4.79 Å². The van der Waals surface area contributed by atoms with E-state index in [2.05, 4.69) is 0 Å². The van der Waals surface area contributed by atoms with Crippen LogP contribution in [0.25, 0.3) is 0 Å². The zero-order chi connectivity index (χ0) is 16.8. The lowest BCUT2D eigenvalue weighted by molar-refractivity contribution is -0.137. The standard InChI is InChI=1S/C16H16F3NO3/c1-2-23-15(22)20-13-6-5-10(16(17,18)19)7-11(13)12(8-21)14(20)9-3-4-9/h5-9,12,14H,2-4H2,1H3. The Morgan fingerprint density at radius 3 is 2.61 bits per heavy atom. The van der Waals surface area contributed by atoms with Gasteiger partial charge in [0.15, 0.2) is 0 Å². The molecule has 0 spiro atoms. The Balaban J connectivity index is 2.08. The van der Waals surface area contributed by atoms with Gasteiger partial charge in [0.2, 0.25) is 0 Å². The van der Waals surface area contributed by atoms with Crippen LogP contribution in [0.1, 0.15) is 36.8 Å². The van der Waals surface area contributed by atoms with Crippen molar-refractivity contribution in [2.24, 2.45) is 5.92 Å². The first-order valence-electron chi connectivity index (χ1n) is 7.51. The predicted molar refractivity (Wildman–Crippen MR) is 76.3 cm³/mol. The molecule has 2 aliphatic rings. The molecule has 1 fully saturated rings. The summed E-state index contributed by atoms with van der Waals surface area (Å²) >= 11 is 0. The van der Waals surface area contributed by atoms with Crippen molar-refractivity contribution in [3.63, 3.8) is 0 Å². The third-order valence-electron chi connectivity index (χ3n) is 4.36. The molecule has 1 aromatic carbocycles. The van der Waals surface area contributed by atoms with Crippen LogP contribution in [0.4, 0.5) is 23.7 Å². The van der Waals surface area contributed by atoms with Crippen molar-refractivity contribution >= 4 is 18.1 Å². The third-order valence-corrected chi connectivity index (χ3v) is 4.36. The molecule has 1 aliphatic heterocycles. The van der Waals surface area contributed by atoms with Crippen LogP contribution >= 0.6 is 0 Å². The van der Waals surface area contributed by atoms with Crippen LogP contribution in [-0.2, 0) is 15.7 Å². The van der Waals surface area contributed by atoms with E-state index in [4.69, 9.17) is 4.74 Å². The molecule has 1 aliphatic carbocycles. The normalized spacial score (nSPS) is 23.6. The summed E-state index contributed by atoms with van der Waals surface area (Å²) in [5, 5.41) is 0. The highest BCUT2D eigenvalue weighted by Crippen LogP contribution is 2.50. The Morgan fingerprint density at radius 1 is 1.39 bits per heavy atom. The second-order valence-corrected chi connectivity index (χ2v) is 5.83. The maximum Gasteiger partial charge on any atom is 0.416 e. The second kappa shape index (κ2) is 5.54. The number of amides is 1. The van der Waals surface area contributed by atoms with Crippen LogP contribution in [0.15, 0.2) is 18.2 Å². The molecular weight excluding hydrogens is 311 g/mol. The lowest BCUT2D eigenvalue weighted by Gasteiger charge is -2.26. The van der Waals surface area contributed by atoms with Gasteiger partial charge in [0.25, 0.3) is 0 Å². The van der Waals surface area contributed by atoms with E-state index in [1.807, 2.05) is 0 Å². The molecule has 4 nitrogen and oxygen atoms in total. The smallest absolute Gasteiger partial charge is 0.416 e. The van der Waals surface area contributed by atoms with Gasteiger partial charge in [0, 0.05) is 0 Å². The van der Waals surface area contributed by atoms with Gasteiger partial charge < -0.3 is 9.53 Å². The average molecular weight is 327 g/mol. The molecule has 1 amide bonds. The number of carbonyl (C=O) groups excluding carboxylic acids is 2. The molecule has 1 saturated carbocycles. The molecule has 0 N–H and O–H groups in total. The number of rotatable bonds is 3. The molecular formula is C16H16F3NO3. The summed E-state index contributed by atoms with van der Waals surface area (Å²) in [5.74, 6) is -0.624. The minimum atomic E-state index is -4.49. The van der Waals surface area contributed by atoms with Crippen molar-refractivity contribution < 1.29 is 27.5 Å². The number of benzene rings is 1. The average Bonchev–Trinajstić information content (AvgIpc) is 3.27. The van der Waals surface area contributed by atoms with E-state index in [1.165, 1.54) is 11.0 Å². The molecule has 0 aromatic heterocycles. The lowest BCUT2D eigenvalue weighted by atomic mass is 9.92. The van der Waals surface area contributed by atoms with Gasteiger partial charge in [-0.1, -0.05) is 0 Å². The van der Waals surface area contributed by atoms with Crippen LogP contribution in [0.2, 0.25) is 0 Å². The van der Waals surface area contributed by atoms with Gasteiger partial charge in [-0.05, 0) is 49.4 Å². The van der Waals surface area contributed by atoms with Gasteiger partial charge in [-0.2, -0.15) is 13.2 Å². The summed E-state index contributed by atoms with van der Waals surface area (Å²) in [5.41, 5.74) is -0.228. The van der Waals surface area contributed by atoms with E-state index in [9.17, 15) is 22.8 Å². The molecule has 3 rings (SSSR count). The first kappa shape index (κ1) is 15.8. The topological polar surface area (TPSA) is 46.6 Å². The fraction of sp³-hybridized carbons (Fsp3) is 0.500. The molecule has 7 heteroatoms. The summed E-state index contributed by atoms with van der Waals surface area (Å²) < 4.78 is 43.8. The lowest BCUT2D eigenvalue weighted by Crippen LogP contribution is -2.41. The number of hydrogen-bond donors (Lipinski definition) is 0. The number of ether oxygens (including phenoxy) is 1. The molecule has 0 bridgehead atoms. The highest BCUT2D eigenvalue weighted by Gasteiger charge is 2.50. The molecule has 0 radical (unpaired) electrons. The first-order chi connectivity index (χ1) is 10.9. The summed E-state index contributed by atoms with van der Waals surface area (Å²) in [7, 11) is 0. The minimum absolute atomic E-state index is 0.122. The second-order valence-electron chi connectivity index (χ2n) is 5.83. The minimum Gasteiger partial charge on any atom is -0.449 e. The largest absolute Gasteiger partial charge is 0.449 e. The van der Waals surface area contributed by atoms with Gasteiger partial charge in [-0.15, -0.1) is 0 Å². The first-order valence-corrected chi connectivity index (χ1v) is 7.51. The monoisotopic (exact) mass is 327 g/mol. The van der Waals surface area contributed by atoms with Crippen molar-refractivity contribution in [1.82, 2.24) is 0 Å². The number of fused-ring (bicyclic) bond motifs is 1. The molecule has 1 heterocycles. The number of hydrogen-bond acceptors (Lipinski definition) is 3. The van der Waals surface area contributed by atoms with Crippen LogP contribution in [0.5, 0.6) is 0 Å².